The summed E-state index contributed by atoms with van der Waals surface area (Å²) in [6.45, 7) is 5.06. The fourth-order valence-corrected chi connectivity index (χ4v) is 2.95. The maximum Gasteiger partial charge on any atom is 0.249 e. The highest BCUT2D eigenvalue weighted by Crippen LogP contribution is 2.28. The number of carbonyl (C=O) groups excluding carboxylic acids is 1. The Kier molecular flexibility index (Phi) is 4.75. The first-order chi connectivity index (χ1) is 11.6. The van der Waals surface area contributed by atoms with E-state index < -0.39 is 0 Å². The van der Waals surface area contributed by atoms with Crippen molar-refractivity contribution in [2.45, 2.75) is 26.0 Å². The van der Waals surface area contributed by atoms with Crippen molar-refractivity contribution in [1.29, 1.82) is 0 Å². The number of aryl methyl sites for hydroxylation is 2. The molecule has 1 saturated heterocycles. The van der Waals surface area contributed by atoms with Crippen LogP contribution >= 0.6 is 0 Å². The molecule has 2 atom stereocenters. The van der Waals surface area contributed by atoms with Crippen LogP contribution in [0.4, 0.5) is 5.95 Å². The SMILES string of the molecule is CCN1C(=O)CO[C@@H](CNc2nccc(C)n2)[C@@H]1c1nccn1C. The number of ether oxygens (including phenoxy) is 1. The molecular weight excluding hydrogens is 308 g/mol. The lowest BCUT2D eigenvalue weighted by molar-refractivity contribution is -0.156. The Morgan fingerprint density at radius 1 is 1.38 bits per heavy atom. The van der Waals surface area contributed by atoms with Crippen LogP contribution in [0.2, 0.25) is 0 Å². The molecule has 0 unspecified atom stereocenters. The molecule has 8 nitrogen and oxygen atoms in total. The van der Waals surface area contributed by atoms with Gasteiger partial charge in [-0.2, -0.15) is 0 Å². The molecule has 8 heteroatoms. The highest BCUT2D eigenvalue weighted by atomic mass is 16.5. The minimum Gasteiger partial charge on any atom is -0.364 e. The van der Waals surface area contributed by atoms with Crippen molar-refractivity contribution >= 4 is 11.9 Å². The second kappa shape index (κ2) is 6.96. The molecule has 1 N–H and O–H groups in total. The van der Waals surface area contributed by atoms with Crippen LogP contribution in [0.25, 0.3) is 0 Å². The second-order valence-electron chi connectivity index (χ2n) is 5.77. The van der Waals surface area contributed by atoms with Gasteiger partial charge < -0.3 is 19.5 Å². The van der Waals surface area contributed by atoms with Crippen molar-refractivity contribution in [2.24, 2.45) is 7.05 Å². The number of anilines is 1. The average molecular weight is 330 g/mol. The third-order valence-corrected chi connectivity index (χ3v) is 4.15. The average Bonchev–Trinajstić information content (AvgIpc) is 2.99. The van der Waals surface area contributed by atoms with E-state index in [1.54, 1.807) is 12.4 Å². The van der Waals surface area contributed by atoms with Crippen molar-refractivity contribution in [3.63, 3.8) is 0 Å². The minimum atomic E-state index is -0.242. The van der Waals surface area contributed by atoms with Gasteiger partial charge in [-0.05, 0) is 19.9 Å². The van der Waals surface area contributed by atoms with E-state index >= 15 is 0 Å². The molecule has 1 amide bonds. The number of hydrogen-bond donors (Lipinski definition) is 1. The Balaban J connectivity index is 1.81. The number of morpholine rings is 1. The lowest BCUT2D eigenvalue weighted by Crippen LogP contribution is -2.51. The van der Waals surface area contributed by atoms with Crippen LogP contribution in [-0.2, 0) is 16.6 Å². The van der Waals surface area contributed by atoms with E-state index in [0.29, 0.717) is 19.0 Å². The molecule has 1 aliphatic rings. The molecule has 128 valence electrons. The smallest absolute Gasteiger partial charge is 0.249 e. The number of amides is 1. The van der Waals surface area contributed by atoms with Gasteiger partial charge in [0.15, 0.2) is 0 Å². The third-order valence-electron chi connectivity index (χ3n) is 4.15. The summed E-state index contributed by atoms with van der Waals surface area (Å²) in [7, 11) is 1.92. The van der Waals surface area contributed by atoms with E-state index in [0.717, 1.165) is 11.5 Å². The molecule has 2 aromatic heterocycles. The van der Waals surface area contributed by atoms with Crippen LogP contribution in [0.15, 0.2) is 24.7 Å². The van der Waals surface area contributed by atoms with Gasteiger partial charge in [0.1, 0.15) is 24.6 Å². The normalized spacial score (nSPS) is 21.1. The van der Waals surface area contributed by atoms with Crippen LogP contribution in [-0.4, -0.2) is 56.1 Å². The highest BCUT2D eigenvalue weighted by molar-refractivity contribution is 5.78. The third kappa shape index (κ3) is 3.23. The van der Waals surface area contributed by atoms with E-state index in [9.17, 15) is 4.79 Å². The second-order valence-corrected chi connectivity index (χ2v) is 5.77. The summed E-state index contributed by atoms with van der Waals surface area (Å²) in [4.78, 5) is 27.0. The topological polar surface area (TPSA) is 85.2 Å². The summed E-state index contributed by atoms with van der Waals surface area (Å²) in [6, 6.07) is 1.60. The van der Waals surface area contributed by atoms with Crippen LogP contribution in [0.3, 0.4) is 0 Å². The molecule has 1 aliphatic heterocycles. The lowest BCUT2D eigenvalue weighted by atomic mass is 10.1. The number of imidazole rings is 1. The summed E-state index contributed by atoms with van der Waals surface area (Å²) in [5.41, 5.74) is 0.892. The zero-order valence-corrected chi connectivity index (χ0v) is 14.1. The van der Waals surface area contributed by atoms with Crippen LogP contribution in [0.5, 0.6) is 0 Å². The molecule has 0 spiro atoms. The first-order valence-electron chi connectivity index (χ1n) is 8.02. The van der Waals surface area contributed by atoms with E-state index in [-0.39, 0.29) is 24.7 Å². The quantitative estimate of drug-likeness (QED) is 0.877. The molecule has 3 heterocycles. The number of aromatic nitrogens is 4. The van der Waals surface area contributed by atoms with Crippen molar-refractivity contribution < 1.29 is 9.53 Å². The van der Waals surface area contributed by atoms with Crippen molar-refractivity contribution in [3.8, 4) is 0 Å². The molecule has 0 aliphatic carbocycles. The van der Waals surface area contributed by atoms with E-state index in [2.05, 4.69) is 20.3 Å². The summed E-state index contributed by atoms with van der Waals surface area (Å²) < 4.78 is 7.73. The largest absolute Gasteiger partial charge is 0.364 e. The van der Waals surface area contributed by atoms with Gasteiger partial charge in [0.2, 0.25) is 11.9 Å². The Hall–Kier alpha value is -2.48. The molecule has 2 aromatic rings. The fourth-order valence-electron chi connectivity index (χ4n) is 2.95. The van der Waals surface area contributed by atoms with Gasteiger partial charge in [0.25, 0.3) is 0 Å². The van der Waals surface area contributed by atoms with E-state index in [1.807, 2.05) is 42.6 Å². The Bertz CT molecular complexity index is 716. The van der Waals surface area contributed by atoms with Crippen molar-refractivity contribution in [3.05, 3.63) is 36.2 Å². The predicted octanol–water partition coefficient (Wildman–Crippen LogP) is 0.919. The maximum atomic E-state index is 12.2. The Labute approximate surface area is 140 Å². The molecule has 3 rings (SSSR count). The number of nitrogens with zero attached hydrogens (tertiary/aromatic N) is 5. The van der Waals surface area contributed by atoms with E-state index in [4.69, 9.17) is 4.74 Å². The lowest BCUT2D eigenvalue weighted by Gasteiger charge is -2.40. The maximum absolute atomic E-state index is 12.2. The van der Waals surface area contributed by atoms with Crippen LogP contribution in [0.1, 0.15) is 24.5 Å². The fraction of sp³-hybridized carbons (Fsp3) is 0.500. The summed E-state index contributed by atoms with van der Waals surface area (Å²) in [5.74, 6) is 1.34. The Morgan fingerprint density at radius 2 is 2.21 bits per heavy atom. The number of carbonyl (C=O) groups is 1. The van der Waals surface area contributed by atoms with Gasteiger partial charge in [-0.25, -0.2) is 15.0 Å². The molecule has 1 fully saturated rings. The summed E-state index contributed by atoms with van der Waals surface area (Å²) in [6.07, 6.45) is 5.09. The van der Waals surface area contributed by atoms with E-state index in [1.165, 1.54) is 0 Å². The Morgan fingerprint density at radius 3 is 2.88 bits per heavy atom. The van der Waals surface area contributed by atoms with Gasteiger partial charge in [-0.1, -0.05) is 0 Å². The molecular formula is C16H22N6O2. The molecule has 0 aromatic carbocycles. The van der Waals surface area contributed by atoms with Gasteiger partial charge in [0.05, 0.1) is 0 Å². The molecule has 0 bridgehead atoms. The molecule has 24 heavy (non-hydrogen) atoms. The zero-order chi connectivity index (χ0) is 17.1. The van der Waals surface area contributed by atoms with Gasteiger partial charge in [0, 0.05) is 44.4 Å². The van der Waals surface area contributed by atoms with Gasteiger partial charge in [-0.15, -0.1) is 0 Å². The summed E-state index contributed by atoms with van der Waals surface area (Å²) in [5, 5.41) is 3.20. The van der Waals surface area contributed by atoms with Crippen LogP contribution < -0.4 is 5.32 Å². The van der Waals surface area contributed by atoms with Crippen LogP contribution in [0, 0.1) is 6.92 Å². The molecule has 0 saturated carbocycles. The highest BCUT2D eigenvalue weighted by Gasteiger charge is 2.39. The summed E-state index contributed by atoms with van der Waals surface area (Å²) >= 11 is 0. The number of rotatable bonds is 5. The van der Waals surface area contributed by atoms with Gasteiger partial charge in [-0.3, -0.25) is 4.79 Å². The van der Waals surface area contributed by atoms with Crippen molar-refractivity contribution in [2.75, 3.05) is 25.0 Å². The minimum absolute atomic E-state index is 0.0199. The number of likely N-dealkylation sites (N-methyl/N-ethyl adjacent to an activating group) is 1. The zero-order valence-electron chi connectivity index (χ0n) is 14.1. The standard InChI is InChI=1S/C16H22N6O2/c1-4-22-13(23)10-24-12(14(22)15-17-7-8-21(15)3)9-19-16-18-6-5-11(2)20-16/h5-8,12,14H,4,9-10H2,1-3H3,(H,18,19,20)/t12-,14+/m0/s1. The monoisotopic (exact) mass is 330 g/mol. The number of hydrogen-bond acceptors (Lipinski definition) is 6. The first-order valence-corrected chi connectivity index (χ1v) is 8.02. The first kappa shape index (κ1) is 16.4. The predicted molar refractivity (Wildman–Crippen MR) is 88.3 cm³/mol. The van der Waals surface area contributed by atoms with Gasteiger partial charge >= 0.3 is 0 Å². The van der Waals surface area contributed by atoms with Crippen molar-refractivity contribution in [1.82, 2.24) is 24.4 Å². The molecule has 0 radical (unpaired) electrons. The number of nitrogens with one attached hydrogen (secondary N) is 1.